The average Bonchev–Trinajstić information content (AvgIpc) is 2.82. The molecule has 1 amide bonds. The number of rotatable bonds is 2. The first kappa shape index (κ1) is 10.9. The summed E-state index contributed by atoms with van der Waals surface area (Å²) in [5.74, 6) is 2.66. The quantitative estimate of drug-likeness (QED) is 0.811. The van der Waals surface area contributed by atoms with E-state index in [1.165, 1.54) is 24.8 Å². The smallest absolute Gasteiger partial charge is 0.228 e. The van der Waals surface area contributed by atoms with Gasteiger partial charge in [0, 0.05) is 5.69 Å². The Balaban J connectivity index is 1.57. The van der Waals surface area contributed by atoms with Crippen molar-refractivity contribution < 1.29 is 4.79 Å². The topological polar surface area (TPSA) is 29.1 Å². The van der Waals surface area contributed by atoms with Gasteiger partial charge in [0.25, 0.3) is 0 Å². The maximum absolute atomic E-state index is 11.3. The van der Waals surface area contributed by atoms with E-state index in [1.54, 1.807) is 0 Å². The molecule has 0 bridgehead atoms. The maximum Gasteiger partial charge on any atom is 0.228 e. The number of nitrogens with one attached hydrogen (secondary N) is 1. The Bertz CT molecular complexity index is 517. The normalized spacial score (nSPS) is 33.8. The molecule has 1 aromatic carbocycles. The highest BCUT2D eigenvalue weighted by atomic mass is 35.5. The number of alkyl halides is 1. The number of carbonyl (C=O) groups excluding carboxylic acids is 1. The molecule has 3 unspecified atom stereocenters. The minimum atomic E-state index is 0.0929. The molecule has 0 saturated heterocycles. The lowest BCUT2D eigenvalue weighted by Gasteiger charge is -2.19. The third kappa shape index (κ3) is 1.66. The van der Waals surface area contributed by atoms with Crippen LogP contribution in [0.15, 0.2) is 18.2 Å². The lowest BCUT2D eigenvalue weighted by Crippen LogP contribution is -2.06. The number of carbonyl (C=O) groups is 1. The molecule has 3 atom stereocenters. The van der Waals surface area contributed by atoms with Gasteiger partial charge in [0.2, 0.25) is 5.91 Å². The minimum absolute atomic E-state index is 0.0929. The molecule has 1 aliphatic heterocycles. The van der Waals surface area contributed by atoms with E-state index in [4.69, 9.17) is 11.6 Å². The molecular formula is C15H16ClNO. The highest BCUT2D eigenvalue weighted by Crippen LogP contribution is 2.58. The van der Waals surface area contributed by atoms with Gasteiger partial charge in [0.05, 0.1) is 11.8 Å². The zero-order chi connectivity index (χ0) is 12.3. The van der Waals surface area contributed by atoms with Crippen LogP contribution in [0.4, 0.5) is 5.69 Å². The van der Waals surface area contributed by atoms with Crippen molar-refractivity contribution >= 4 is 23.2 Å². The number of halogens is 1. The van der Waals surface area contributed by atoms with Crippen molar-refractivity contribution in [1.29, 1.82) is 0 Å². The van der Waals surface area contributed by atoms with Crippen molar-refractivity contribution in [2.75, 3.05) is 5.32 Å². The molecule has 1 heterocycles. The molecule has 18 heavy (non-hydrogen) atoms. The van der Waals surface area contributed by atoms with E-state index in [9.17, 15) is 4.79 Å². The summed E-state index contributed by atoms with van der Waals surface area (Å²) in [7, 11) is 0. The van der Waals surface area contributed by atoms with Crippen LogP contribution in [0.3, 0.4) is 0 Å². The lowest BCUT2D eigenvalue weighted by atomic mass is 9.93. The standard InChI is InChI=1S/C15H16ClNO/c16-15(12-5-9-4-10(9)6-12)8-1-2-13-11(3-8)7-14(18)17-13/h1-3,9-10,12,15H,4-7H2,(H,17,18). The van der Waals surface area contributed by atoms with Crippen molar-refractivity contribution in [1.82, 2.24) is 0 Å². The lowest BCUT2D eigenvalue weighted by molar-refractivity contribution is -0.115. The van der Waals surface area contributed by atoms with Crippen LogP contribution in [0.2, 0.25) is 0 Å². The fourth-order valence-electron chi connectivity index (χ4n) is 3.69. The molecule has 1 aromatic rings. The fourth-order valence-corrected chi connectivity index (χ4v) is 4.03. The summed E-state index contributed by atoms with van der Waals surface area (Å²) in [6.45, 7) is 0. The van der Waals surface area contributed by atoms with Crippen LogP contribution in [0.1, 0.15) is 35.8 Å². The maximum atomic E-state index is 11.3. The summed E-state index contributed by atoms with van der Waals surface area (Å²) in [5.41, 5.74) is 3.26. The zero-order valence-electron chi connectivity index (χ0n) is 10.2. The van der Waals surface area contributed by atoms with Gasteiger partial charge in [-0.1, -0.05) is 12.1 Å². The number of amides is 1. The molecule has 94 valence electrons. The second-order valence-corrected chi connectivity index (χ2v) is 6.50. The third-order valence-electron chi connectivity index (χ3n) is 4.77. The van der Waals surface area contributed by atoms with Gasteiger partial charge < -0.3 is 5.32 Å². The van der Waals surface area contributed by atoms with Crippen molar-refractivity contribution in [2.45, 2.75) is 31.1 Å². The van der Waals surface area contributed by atoms with Crippen molar-refractivity contribution in [2.24, 2.45) is 17.8 Å². The van der Waals surface area contributed by atoms with E-state index in [0.29, 0.717) is 12.3 Å². The molecule has 3 aliphatic rings. The number of hydrogen-bond donors (Lipinski definition) is 1. The number of fused-ring (bicyclic) bond motifs is 2. The van der Waals surface area contributed by atoms with E-state index in [-0.39, 0.29) is 11.3 Å². The minimum Gasteiger partial charge on any atom is -0.326 e. The summed E-state index contributed by atoms with van der Waals surface area (Å²) in [6.07, 6.45) is 4.53. The second kappa shape index (κ2) is 3.74. The van der Waals surface area contributed by atoms with Gasteiger partial charge in [-0.15, -0.1) is 11.6 Å². The van der Waals surface area contributed by atoms with Gasteiger partial charge in [-0.2, -0.15) is 0 Å². The first-order chi connectivity index (χ1) is 8.70. The first-order valence-electron chi connectivity index (χ1n) is 6.77. The van der Waals surface area contributed by atoms with Crippen molar-refractivity contribution in [3.8, 4) is 0 Å². The van der Waals surface area contributed by atoms with Crippen molar-refractivity contribution in [3.63, 3.8) is 0 Å². The van der Waals surface area contributed by atoms with Gasteiger partial charge in [-0.05, 0) is 54.2 Å². The molecule has 3 heteroatoms. The van der Waals surface area contributed by atoms with Crippen LogP contribution in [0, 0.1) is 17.8 Å². The van der Waals surface area contributed by atoms with Gasteiger partial charge in [0.1, 0.15) is 0 Å². The molecule has 2 saturated carbocycles. The average molecular weight is 262 g/mol. The van der Waals surface area contributed by atoms with E-state index in [2.05, 4.69) is 17.4 Å². The Morgan fingerprint density at radius 2 is 2.00 bits per heavy atom. The summed E-state index contributed by atoms with van der Waals surface area (Å²) >= 11 is 6.63. The molecule has 0 radical (unpaired) electrons. The van der Waals surface area contributed by atoms with Gasteiger partial charge in [-0.25, -0.2) is 0 Å². The Labute approximate surface area is 112 Å². The van der Waals surface area contributed by atoms with Gasteiger partial charge in [0.15, 0.2) is 0 Å². The molecule has 2 aliphatic carbocycles. The van der Waals surface area contributed by atoms with Crippen LogP contribution in [0.5, 0.6) is 0 Å². The zero-order valence-corrected chi connectivity index (χ0v) is 10.9. The number of anilines is 1. The summed E-state index contributed by atoms with van der Waals surface area (Å²) < 4.78 is 0. The predicted octanol–water partition coefficient (Wildman–Crippen LogP) is 3.51. The first-order valence-corrected chi connectivity index (χ1v) is 7.21. The molecule has 4 rings (SSSR count). The molecule has 2 fully saturated rings. The molecule has 2 nitrogen and oxygen atoms in total. The summed E-state index contributed by atoms with van der Waals surface area (Å²) in [5, 5.41) is 2.99. The highest BCUT2D eigenvalue weighted by Gasteiger charge is 2.47. The van der Waals surface area contributed by atoms with E-state index in [0.717, 1.165) is 23.1 Å². The van der Waals surface area contributed by atoms with Crippen LogP contribution in [0.25, 0.3) is 0 Å². The van der Waals surface area contributed by atoms with Crippen LogP contribution in [-0.2, 0) is 11.2 Å². The molecule has 1 N–H and O–H groups in total. The monoisotopic (exact) mass is 261 g/mol. The molecule has 0 spiro atoms. The summed E-state index contributed by atoms with van der Waals surface area (Å²) in [4.78, 5) is 11.3. The summed E-state index contributed by atoms with van der Waals surface area (Å²) in [6, 6.07) is 6.20. The van der Waals surface area contributed by atoms with Crippen molar-refractivity contribution in [3.05, 3.63) is 29.3 Å². The van der Waals surface area contributed by atoms with Crippen LogP contribution < -0.4 is 5.32 Å². The Kier molecular flexibility index (Phi) is 2.25. The molecular weight excluding hydrogens is 246 g/mol. The predicted molar refractivity (Wildman–Crippen MR) is 71.7 cm³/mol. The van der Waals surface area contributed by atoms with Gasteiger partial charge >= 0.3 is 0 Å². The largest absolute Gasteiger partial charge is 0.326 e. The highest BCUT2D eigenvalue weighted by molar-refractivity contribution is 6.21. The SMILES string of the molecule is O=C1Cc2cc(C(Cl)C3CC4CC4C3)ccc2N1. The Morgan fingerprint density at radius 1 is 1.22 bits per heavy atom. The third-order valence-corrected chi connectivity index (χ3v) is 5.38. The number of benzene rings is 1. The van der Waals surface area contributed by atoms with Gasteiger partial charge in [-0.3, -0.25) is 4.79 Å². The Morgan fingerprint density at radius 3 is 2.78 bits per heavy atom. The van der Waals surface area contributed by atoms with E-state index < -0.39 is 0 Å². The van der Waals surface area contributed by atoms with E-state index >= 15 is 0 Å². The van der Waals surface area contributed by atoms with Crippen LogP contribution in [-0.4, -0.2) is 5.91 Å². The number of hydrogen-bond acceptors (Lipinski definition) is 1. The van der Waals surface area contributed by atoms with Crippen LogP contribution >= 0.6 is 11.6 Å². The second-order valence-electron chi connectivity index (χ2n) is 6.03. The Hall–Kier alpha value is -1.02. The molecule has 0 aromatic heterocycles. The van der Waals surface area contributed by atoms with E-state index in [1.807, 2.05) is 6.07 Å². The fraction of sp³-hybridized carbons (Fsp3) is 0.533.